The molecule has 0 saturated carbocycles. The van der Waals surface area contributed by atoms with Crippen LogP contribution in [0.1, 0.15) is 17.0 Å². The van der Waals surface area contributed by atoms with Crippen LogP contribution in [0.3, 0.4) is 0 Å². The van der Waals surface area contributed by atoms with Crippen molar-refractivity contribution in [3.8, 4) is 11.8 Å². The predicted molar refractivity (Wildman–Crippen MR) is 73.8 cm³/mol. The number of aryl methyl sites for hydroxylation is 1. The third kappa shape index (κ3) is 2.84. The second-order valence-corrected chi connectivity index (χ2v) is 4.60. The Labute approximate surface area is 121 Å². The molecule has 0 unspecified atom stereocenters. The second kappa shape index (κ2) is 5.63. The molecule has 21 heavy (non-hydrogen) atoms. The number of aromatic nitrogens is 1. The van der Waals surface area contributed by atoms with Crippen molar-refractivity contribution in [2.24, 2.45) is 0 Å². The normalized spacial score (nSPS) is 11.2. The summed E-state index contributed by atoms with van der Waals surface area (Å²) in [6.07, 6.45) is 1.28. The Kier molecular flexibility index (Phi) is 3.90. The van der Waals surface area contributed by atoms with Gasteiger partial charge in [-0.1, -0.05) is 0 Å². The summed E-state index contributed by atoms with van der Waals surface area (Å²) in [6, 6.07) is 9.33. The number of benzene rings is 1. The van der Waals surface area contributed by atoms with Crippen LogP contribution in [0.4, 0.5) is 4.39 Å². The van der Waals surface area contributed by atoms with Gasteiger partial charge in [0.25, 0.3) is 0 Å². The average Bonchev–Trinajstić information content (AvgIpc) is 2.71. The van der Waals surface area contributed by atoms with Gasteiger partial charge < -0.3 is 14.5 Å². The summed E-state index contributed by atoms with van der Waals surface area (Å²) in [4.78, 5) is 10.8. The van der Waals surface area contributed by atoms with Gasteiger partial charge in [-0.25, -0.2) is 4.39 Å². The molecule has 0 bridgehead atoms. The molecule has 5 heteroatoms. The first-order valence-corrected chi connectivity index (χ1v) is 6.22. The number of carbonyl (C=O) groups is 1. The van der Waals surface area contributed by atoms with Crippen molar-refractivity contribution in [1.29, 1.82) is 5.26 Å². The molecule has 2 aromatic rings. The van der Waals surface area contributed by atoms with E-state index in [9.17, 15) is 14.3 Å². The Balaban J connectivity index is 2.55. The van der Waals surface area contributed by atoms with E-state index in [0.717, 1.165) is 17.1 Å². The van der Waals surface area contributed by atoms with Crippen molar-refractivity contribution in [2.75, 3.05) is 0 Å². The minimum Gasteiger partial charge on any atom is -0.544 e. The average molecular weight is 283 g/mol. The van der Waals surface area contributed by atoms with Crippen LogP contribution in [0.5, 0.6) is 0 Å². The van der Waals surface area contributed by atoms with Crippen LogP contribution in [0.15, 0.2) is 35.9 Å². The zero-order chi connectivity index (χ0) is 15.6. The molecule has 0 spiro atoms. The Morgan fingerprint density at radius 1 is 1.33 bits per heavy atom. The third-order valence-corrected chi connectivity index (χ3v) is 3.20. The monoisotopic (exact) mass is 283 g/mol. The fraction of sp³-hybridized carbons (Fsp3) is 0.125. The van der Waals surface area contributed by atoms with Gasteiger partial charge in [-0.15, -0.1) is 0 Å². The van der Waals surface area contributed by atoms with E-state index in [0.29, 0.717) is 5.56 Å². The number of carboxylic acid groups (broad SMARTS) is 1. The molecule has 1 aromatic carbocycles. The summed E-state index contributed by atoms with van der Waals surface area (Å²) in [5.74, 6) is -1.84. The number of nitriles is 1. The SMILES string of the molecule is Cc1cc(/C=C(\C#N)C(=O)[O-])c(C)n1-c1ccc(F)cc1. The van der Waals surface area contributed by atoms with E-state index in [4.69, 9.17) is 5.26 Å². The van der Waals surface area contributed by atoms with Gasteiger partial charge in [-0.3, -0.25) is 0 Å². The summed E-state index contributed by atoms with van der Waals surface area (Å²) in [5.41, 5.74) is 2.54. The number of aliphatic carboxylic acids is 1. The lowest BCUT2D eigenvalue weighted by Gasteiger charge is -2.09. The topological polar surface area (TPSA) is 68.8 Å². The van der Waals surface area contributed by atoms with Crippen LogP contribution in [0, 0.1) is 31.0 Å². The summed E-state index contributed by atoms with van der Waals surface area (Å²) in [6.45, 7) is 3.64. The molecule has 2 rings (SSSR count). The van der Waals surface area contributed by atoms with Crippen molar-refractivity contribution in [2.45, 2.75) is 13.8 Å². The lowest BCUT2D eigenvalue weighted by Crippen LogP contribution is -2.23. The van der Waals surface area contributed by atoms with E-state index < -0.39 is 11.5 Å². The lowest BCUT2D eigenvalue weighted by atomic mass is 10.1. The first kappa shape index (κ1) is 14.5. The van der Waals surface area contributed by atoms with Gasteiger partial charge in [0.05, 0.1) is 11.5 Å². The molecule has 4 nitrogen and oxygen atoms in total. The molecule has 0 fully saturated rings. The Morgan fingerprint density at radius 2 is 1.95 bits per heavy atom. The highest BCUT2D eigenvalue weighted by Gasteiger charge is 2.10. The van der Waals surface area contributed by atoms with Crippen molar-refractivity contribution < 1.29 is 14.3 Å². The van der Waals surface area contributed by atoms with Gasteiger partial charge in [-0.2, -0.15) is 5.26 Å². The van der Waals surface area contributed by atoms with E-state index in [2.05, 4.69) is 0 Å². The van der Waals surface area contributed by atoms with E-state index in [1.807, 2.05) is 11.5 Å². The van der Waals surface area contributed by atoms with E-state index in [1.165, 1.54) is 18.2 Å². The number of halogens is 1. The maximum atomic E-state index is 13.0. The van der Waals surface area contributed by atoms with Crippen molar-refractivity contribution >= 4 is 12.0 Å². The number of hydrogen-bond donors (Lipinski definition) is 0. The van der Waals surface area contributed by atoms with Crippen molar-refractivity contribution in [1.82, 2.24) is 4.57 Å². The molecule has 0 N–H and O–H groups in total. The summed E-state index contributed by atoms with van der Waals surface area (Å²) in [7, 11) is 0. The van der Waals surface area contributed by atoms with E-state index in [1.54, 1.807) is 31.2 Å². The largest absolute Gasteiger partial charge is 0.544 e. The summed E-state index contributed by atoms with van der Waals surface area (Å²) in [5, 5.41) is 19.6. The fourth-order valence-corrected chi connectivity index (χ4v) is 2.21. The number of nitrogens with zero attached hydrogens (tertiary/aromatic N) is 2. The fourth-order valence-electron chi connectivity index (χ4n) is 2.21. The molecule has 0 aliphatic heterocycles. The molecular formula is C16H12FN2O2-. The smallest absolute Gasteiger partial charge is 0.123 e. The predicted octanol–water partition coefficient (Wildman–Crippen LogP) is 1.89. The first-order chi connectivity index (χ1) is 9.93. The maximum absolute atomic E-state index is 13.0. The molecule has 0 aliphatic rings. The van der Waals surface area contributed by atoms with Gasteiger partial charge in [0, 0.05) is 17.1 Å². The van der Waals surface area contributed by atoms with Gasteiger partial charge in [0.15, 0.2) is 0 Å². The Morgan fingerprint density at radius 3 is 2.48 bits per heavy atom. The number of carboxylic acids is 1. The quantitative estimate of drug-likeness (QED) is 0.638. The minimum absolute atomic E-state index is 0.329. The van der Waals surface area contributed by atoms with Gasteiger partial charge in [-0.05, 0) is 55.8 Å². The Bertz CT molecular complexity index is 765. The maximum Gasteiger partial charge on any atom is 0.123 e. The second-order valence-electron chi connectivity index (χ2n) is 4.60. The Hall–Kier alpha value is -2.87. The van der Waals surface area contributed by atoms with Gasteiger partial charge in [0.2, 0.25) is 0 Å². The van der Waals surface area contributed by atoms with Gasteiger partial charge >= 0.3 is 0 Å². The molecule has 0 saturated heterocycles. The van der Waals surface area contributed by atoms with E-state index >= 15 is 0 Å². The van der Waals surface area contributed by atoms with Crippen LogP contribution in [-0.4, -0.2) is 10.5 Å². The van der Waals surface area contributed by atoms with Crippen molar-refractivity contribution in [3.63, 3.8) is 0 Å². The number of hydrogen-bond acceptors (Lipinski definition) is 3. The zero-order valence-corrected chi connectivity index (χ0v) is 11.6. The van der Waals surface area contributed by atoms with Crippen molar-refractivity contribution in [3.05, 3.63) is 58.7 Å². The lowest BCUT2D eigenvalue weighted by molar-refractivity contribution is -0.298. The molecule has 106 valence electrons. The van der Waals surface area contributed by atoms with Crippen LogP contribution in [0.2, 0.25) is 0 Å². The molecule has 0 radical (unpaired) electrons. The highest BCUT2D eigenvalue weighted by molar-refractivity contribution is 5.95. The molecule has 0 amide bonds. The third-order valence-electron chi connectivity index (χ3n) is 3.20. The molecule has 1 aromatic heterocycles. The van der Waals surface area contributed by atoms with Crippen LogP contribution in [-0.2, 0) is 4.79 Å². The summed E-state index contributed by atoms with van der Waals surface area (Å²) >= 11 is 0. The number of rotatable bonds is 3. The number of carbonyl (C=O) groups excluding carboxylic acids is 1. The molecule has 1 heterocycles. The minimum atomic E-state index is -1.51. The van der Waals surface area contributed by atoms with Crippen LogP contribution < -0.4 is 5.11 Å². The summed E-state index contributed by atoms with van der Waals surface area (Å²) < 4.78 is 14.8. The standard InChI is InChI=1S/C16H13FN2O2/c1-10-7-12(8-13(9-18)16(20)21)11(2)19(10)15-5-3-14(17)4-6-15/h3-8H,1-2H3,(H,20,21)/p-1/b13-8+. The highest BCUT2D eigenvalue weighted by atomic mass is 19.1. The molecule has 0 aliphatic carbocycles. The van der Waals surface area contributed by atoms with E-state index in [-0.39, 0.29) is 5.82 Å². The highest BCUT2D eigenvalue weighted by Crippen LogP contribution is 2.22. The molecular weight excluding hydrogens is 271 g/mol. The zero-order valence-electron chi connectivity index (χ0n) is 11.6. The first-order valence-electron chi connectivity index (χ1n) is 6.22. The molecule has 0 atom stereocenters. The van der Waals surface area contributed by atoms with Crippen LogP contribution in [0.25, 0.3) is 11.8 Å². The van der Waals surface area contributed by atoms with Crippen LogP contribution >= 0.6 is 0 Å². The van der Waals surface area contributed by atoms with Gasteiger partial charge in [0.1, 0.15) is 11.9 Å².